The van der Waals surface area contributed by atoms with Gasteiger partial charge in [0.25, 0.3) is 11.8 Å². The summed E-state index contributed by atoms with van der Waals surface area (Å²) >= 11 is 0. The number of aromatic nitrogens is 2. The van der Waals surface area contributed by atoms with Crippen LogP contribution in [0.1, 0.15) is 31.8 Å². The first kappa shape index (κ1) is 28.6. The Morgan fingerprint density at radius 1 is 0.634 bits per heavy atom. The maximum absolute atomic E-state index is 12.0. The molecule has 4 aromatic rings. The molecule has 0 aliphatic carbocycles. The fourth-order valence-electron chi connectivity index (χ4n) is 3.37. The number of pyridine rings is 2. The predicted octanol–water partition coefficient (Wildman–Crippen LogP) is 3.48. The van der Waals surface area contributed by atoms with Gasteiger partial charge in [0, 0.05) is 35.9 Å². The van der Waals surface area contributed by atoms with Crippen LogP contribution in [0.5, 0.6) is 11.5 Å². The molecule has 0 bridgehead atoms. The molecule has 208 valence electrons. The lowest BCUT2D eigenvalue weighted by Gasteiger charge is -2.09. The molecule has 41 heavy (non-hydrogen) atoms. The van der Waals surface area contributed by atoms with Crippen LogP contribution in [0.3, 0.4) is 0 Å². The number of amides is 2. The average Bonchev–Trinajstić information content (AvgIpc) is 3.02. The number of hydrogen-bond donors (Lipinski definition) is 2. The van der Waals surface area contributed by atoms with Crippen LogP contribution in [-0.4, -0.2) is 60.6 Å². The Labute approximate surface area is 236 Å². The quantitative estimate of drug-likeness (QED) is 0.139. The summed E-state index contributed by atoms with van der Waals surface area (Å²) in [4.78, 5) is 31.8. The molecule has 4 rings (SSSR count). The van der Waals surface area contributed by atoms with Gasteiger partial charge in [0.15, 0.2) is 0 Å². The molecule has 2 aromatic carbocycles. The highest BCUT2D eigenvalue weighted by Crippen LogP contribution is 2.13. The molecule has 0 fully saturated rings. The summed E-state index contributed by atoms with van der Waals surface area (Å²) in [5, 5.41) is 7.98. The van der Waals surface area contributed by atoms with Gasteiger partial charge in [0.1, 0.15) is 24.7 Å². The van der Waals surface area contributed by atoms with Crippen LogP contribution in [0.2, 0.25) is 0 Å². The number of benzene rings is 2. The summed E-state index contributed by atoms with van der Waals surface area (Å²) < 4.78 is 17.1. The van der Waals surface area contributed by atoms with Gasteiger partial charge < -0.3 is 14.2 Å². The Kier molecular flexibility index (Phi) is 11.1. The molecule has 0 spiro atoms. The number of carbonyl (C=O) groups is 2. The third kappa shape index (κ3) is 10.0. The fraction of sp³-hybridized carbons (Fsp3) is 0.133. The van der Waals surface area contributed by atoms with E-state index in [1.165, 1.54) is 0 Å². The van der Waals surface area contributed by atoms with E-state index in [0.29, 0.717) is 49.1 Å². The van der Waals surface area contributed by atoms with Crippen LogP contribution in [-0.2, 0) is 4.74 Å². The first-order chi connectivity index (χ1) is 20.2. The minimum absolute atomic E-state index is 0.318. The van der Waals surface area contributed by atoms with Gasteiger partial charge in [-0.15, -0.1) is 0 Å². The van der Waals surface area contributed by atoms with Crippen molar-refractivity contribution in [2.24, 2.45) is 10.2 Å². The Morgan fingerprint density at radius 3 is 1.51 bits per heavy atom. The van der Waals surface area contributed by atoms with E-state index in [2.05, 4.69) is 31.0 Å². The van der Waals surface area contributed by atoms with Crippen LogP contribution >= 0.6 is 0 Å². The molecule has 0 saturated heterocycles. The lowest BCUT2D eigenvalue weighted by Crippen LogP contribution is -2.17. The van der Waals surface area contributed by atoms with Crippen molar-refractivity contribution in [3.8, 4) is 11.5 Å². The normalized spacial score (nSPS) is 10.9. The van der Waals surface area contributed by atoms with Crippen molar-refractivity contribution in [1.29, 1.82) is 0 Å². The SMILES string of the molecule is O=C(NN=Cc1cccc(OCCOCCOc2cccc(C=NNC(=O)c3ccncc3)c2)c1)c1ccncc1. The summed E-state index contributed by atoms with van der Waals surface area (Å²) in [6.45, 7) is 1.48. The van der Waals surface area contributed by atoms with E-state index in [-0.39, 0.29) is 11.8 Å². The molecule has 2 N–H and O–H groups in total. The molecule has 0 radical (unpaired) electrons. The monoisotopic (exact) mass is 552 g/mol. The Hall–Kier alpha value is -5.42. The van der Waals surface area contributed by atoms with Gasteiger partial charge in [-0.2, -0.15) is 10.2 Å². The molecule has 11 heteroatoms. The highest BCUT2D eigenvalue weighted by molar-refractivity contribution is 5.95. The van der Waals surface area contributed by atoms with Crippen molar-refractivity contribution in [2.45, 2.75) is 0 Å². The van der Waals surface area contributed by atoms with Crippen LogP contribution in [0.4, 0.5) is 0 Å². The van der Waals surface area contributed by atoms with Crippen molar-refractivity contribution >= 4 is 24.2 Å². The number of rotatable bonds is 14. The zero-order valence-corrected chi connectivity index (χ0v) is 22.1. The lowest BCUT2D eigenvalue weighted by molar-refractivity contribution is 0.0764. The van der Waals surface area contributed by atoms with E-state index in [9.17, 15) is 9.59 Å². The zero-order chi connectivity index (χ0) is 28.5. The number of nitrogens with zero attached hydrogens (tertiary/aromatic N) is 4. The minimum Gasteiger partial charge on any atom is -0.491 e. The van der Waals surface area contributed by atoms with Crippen molar-refractivity contribution < 1.29 is 23.8 Å². The number of hydrazone groups is 2. The molecule has 2 amide bonds. The number of nitrogens with one attached hydrogen (secondary N) is 2. The highest BCUT2D eigenvalue weighted by atomic mass is 16.5. The van der Waals surface area contributed by atoms with Crippen molar-refractivity contribution in [1.82, 2.24) is 20.8 Å². The van der Waals surface area contributed by atoms with Gasteiger partial charge in [-0.1, -0.05) is 24.3 Å². The van der Waals surface area contributed by atoms with Crippen molar-refractivity contribution in [3.63, 3.8) is 0 Å². The van der Waals surface area contributed by atoms with Gasteiger partial charge in [-0.25, -0.2) is 10.9 Å². The maximum atomic E-state index is 12.0. The summed E-state index contributed by atoms with van der Waals surface area (Å²) in [5.41, 5.74) is 7.45. The fourth-order valence-corrected chi connectivity index (χ4v) is 3.37. The molecular formula is C30H28N6O5. The first-order valence-corrected chi connectivity index (χ1v) is 12.7. The van der Waals surface area contributed by atoms with Gasteiger partial charge in [0.05, 0.1) is 25.6 Å². The largest absolute Gasteiger partial charge is 0.491 e. The summed E-state index contributed by atoms with van der Waals surface area (Å²) in [6.07, 6.45) is 9.26. The third-order valence-corrected chi connectivity index (χ3v) is 5.35. The van der Waals surface area contributed by atoms with E-state index in [4.69, 9.17) is 14.2 Å². The minimum atomic E-state index is -0.318. The smallest absolute Gasteiger partial charge is 0.271 e. The molecule has 0 saturated carbocycles. The molecular weight excluding hydrogens is 524 g/mol. The second-order valence-corrected chi connectivity index (χ2v) is 8.32. The predicted molar refractivity (Wildman–Crippen MR) is 153 cm³/mol. The third-order valence-electron chi connectivity index (χ3n) is 5.35. The van der Waals surface area contributed by atoms with Crippen LogP contribution in [0.25, 0.3) is 0 Å². The second kappa shape index (κ2) is 15.9. The second-order valence-electron chi connectivity index (χ2n) is 8.32. The molecule has 0 unspecified atom stereocenters. The molecule has 0 aliphatic rings. The van der Waals surface area contributed by atoms with Crippen LogP contribution in [0, 0.1) is 0 Å². The number of ether oxygens (including phenoxy) is 3. The van der Waals surface area contributed by atoms with Crippen molar-refractivity contribution in [2.75, 3.05) is 26.4 Å². The van der Waals surface area contributed by atoms with E-state index in [1.54, 1.807) is 61.5 Å². The zero-order valence-electron chi connectivity index (χ0n) is 22.1. The van der Waals surface area contributed by atoms with Gasteiger partial charge in [0.2, 0.25) is 0 Å². The van der Waals surface area contributed by atoms with E-state index in [1.807, 2.05) is 48.5 Å². The van der Waals surface area contributed by atoms with Gasteiger partial charge in [-0.05, 0) is 59.7 Å². The lowest BCUT2D eigenvalue weighted by atomic mass is 10.2. The van der Waals surface area contributed by atoms with E-state index < -0.39 is 0 Å². The Bertz CT molecular complexity index is 1350. The molecule has 2 aromatic heterocycles. The van der Waals surface area contributed by atoms with Gasteiger partial charge >= 0.3 is 0 Å². The first-order valence-electron chi connectivity index (χ1n) is 12.7. The number of carbonyl (C=O) groups excluding carboxylic acids is 2. The Balaban J connectivity index is 1.10. The summed E-state index contributed by atoms with van der Waals surface area (Å²) in [5.74, 6) is 0.678. The number of hydrogen-bond acceptors (Lipinski definition) is 9. The van der Waals surface area contributed by atoms with E-state index in [0.717, 1.165) is 11.1 Å². The maximum Gasteiger partial charge on any atom is 0.271 e. The molecule has 0 atom stereocenters. The standard InChI is InChI=1S/C30H28N6O5/c37-29(25-7-11-31-12-8-25)35-33-21-23-3-1-5-27(19-23)40-17-15-39-16-18-41-28-6-2-4-24(20-28)22-34-36-30(38)26-9-13-32-14-10-26/h1-14,19-22H,15-18H2,(H,35,37)(H,36,38). The van der Waals surface area contributed by atoms with Crippen molar-refractivity contribution in [3.05, 3.63) is 120 Å². The topological polar surface area (TPSA) is 136 Å². The average molecular weight is 553 g/mol. The molecule has 2 heterocycles. The summed E-state index contributed by atoms with van der Waals surface area (Å²) in [6, 6.07) is 21.1. The Morgan fingerprint density at radius 2 is 1.07 bits per heavy atom. The molecule has 0 aliphatic heterocycles. The van der Waals surface area contributed by atoms with Crippen LogP contribution < -0.4 is 20.3 Å². The molecule has 11 nitrogen and oxygen atoms in total. The van der Waals surface area contributed by atoms with Gasteiger partial charge in [-0.3, -0.25) is 19.6 Å². The van der Waals surface area contributed by atoms with E-state index >= 15 is 0 Å². The highest BCUT2D eigenvalue weighted by Gasteiger charge is 2.03. The van der Waals surface area contributed by atoms with Crippen LogP contribution in [0.15, 0.2) is 108 Å². The summed E-state index contributed by atoms with van der Waals surface area (Å²) in [7, 11) is 0.